The van der Waals surface area contributed by atoms with E-state index in [9.17, 15) is 0 Å². The molecule has 3 aliphatic rings. The molecule has 0 saturated carbocycles. The van der Waals surface area contributed by atoms with Crippen molar-refractivity contribution in [2.45, 2.75) is 106 Å². The summed E-state index contributed by atoms with van der Waals surface area (Å²) in [5.74, 6) is 1.71. The van der Waals surface area contributed by atoms with E-state index in [-0.39, 0.29) is 6.04 Å². The predicted molar refractivity (Wildman–Crippen MR) is 260 cm³/mol. The summed E-state index contributed by atoms with van der Waals surface area (Å²) in [4.78, 5) is 10.4. The molecule has 2 fully saturated rings. The maximum Gasteiger partial charge on any atom is 0.0930 e. The van der Waals surface area contributed by atoms with E-state index >= 15 is 0 Å². The summed E-state index contributed by atoms with van der Waals surface area (Å²) >= 11 is 6.00. The van der Waals surface area contributed by atoms with Crippen LogP contribution < -0.4 is 14.9 Å². The molecule has 0 bridgehead atoms. The molecule has 3 aliphatic heterocycles. The number of rotatable bonds is 21. The summed E-state index contributed by atoms with van der Waals surface area (Å²) in [5.41, 5.74) is 15.4. The average Bonchev–Trinajstić information content (AvgIpc) is 3.58. The van der Waals surface area contributed by atoms with Crippen molar-refractivity contribution in [3.8, 4) is 0 Å². The van der Waals surface area contributed by atoms with Crippen LogP contribution in [0.15, 0.2) is 91.1 Å². The molecular weight excluding hydrogens is 765 g/mol. The number of nitrogens with zero attached hydrogens (tertiary/aromatic N) is 4. The molecule has 0 amide bonds. The molecular formula is C50H74N6OS2. The number of hydrogen-bond donors (Lipinski definition) is 3. The van der Waals surface area contributed by atoms with Gasteiger partial charge >= 0.3 is 0 Å². The molecule has 9 heteroatoms. The van der Waals surface area contributed by atoms with Gasteiger partial charge in [-0.15, -0.1) is 0 Å². The number of aryl methyl sites for hydroxylation is 2. The maximum absolute atomic E-state index is 5.61. The van der Waals surface area contributed by atoms with Crippen molar-refractivity contribution in [2.24, 2.45) is 5.92 Å². The minimum Gasteiger partial charge on any atom is -0.501 e. The van der Waals surface area contributed by atoms with Crippen LogP contribution >= 0.6 is 24.6 Å². The van der Waals surface area contributed by atoms with Gasteiger partial charge in [-0.05, 0) is 142 Å². The number of methoxy groups -OCH3 is 1. The van der Waals surface area contributed by atoms with Crippen molar-refractivity contribution in [1.82, 2.24) is 24.7 Å². The van der Waals surface area contributed by atoms with E-state index in [1.165, 1.54) is 81.6 Å². The second-order valence-electron chi connectivity index (χ2n) is 16.7. The fourth-order valence-corrected chi connectivity index (χ4v) is 9.60. The van der Waals surface area contributed by atoms with Crippen molar-refractivity contribution >= 4 is 41.5 Å². The summed E-state index contributed by atoms with van der Waals surface area (Å²) < 4.78 is 9.05. The van der Waals surface area contributed by atoms with Crippen LogP contribution in [0.2, 0.25) is 0 Å². The Labute approximate surface area is 368 Å². The third-order valence-electron chi connectivity index (χ3n) is 13.0. The second-order valence-corrected chi connectivity index (χ2v) is 18.2. The minimum atomic E-state index is 0.212. The predicted octanol–water partition coefficient (Wildman–Crippen LogP) is 10.9. The molecule has 0 aromatic heterocycles. The van der Waals surface area contributed by atoms with Crippen molar-refractivity contribution in [1.29, 1.82) is 0 Å². The number of allylic oxidation sites excluding steroid dienone is 5. The number of nitrogens with one attached hydrogen (secondary N) is 2. The summed E-state index contributed by atoms with van der Waals surface area (Å²) in [7, 11) is 1.74. The van der Waals surface area contributed by atoms with Crippen LogP contribution in [-0.2, 0) is 24.2 Å². The smallest absolute Gasteiger partial charge is 0.0930 e. The zero-order chi connectivity index (χ0) is 42.5. The normalized spacial score (nSPS) is 18.1. The molecule has 2 saturated heterocycles. The van der Waals surface area contributed by atoms with E-state index < -0.39 is 0 Å². The van der Waals surface area contributed by atoms with E-state index in [0.29, 0.717) is 5.08 Å². The quantitative estimate of drug-likeness (QED) is 0.0287. The molecule has 2 aromatic rings. The molecule has 2 N–H and O–H groups in total. The number of piperazine rings is 1. The van der Waals surface area contributed by atoms with Crippen LogP contribution in [0.3, 0.4) is 0 Å². The average molecular weight is 839 g/mol. The molecule has 1 unspecified atom stereocenters. The van der Waals surface area contributed by atoms with Gasteiger partial charge in [0.25, 0.3) is 0 Å². The van der Waals surface area contributed by atoms with E-state index in [0.717, 1.165) is 101 Å². The lowest BCUT2D eigenvalue weighted by Crippen LogP contribution is -2.46. The van der Waals surface area contributed by atoms with Gasteiger partial charge < -0.3 is 29.5 Å². The van der Waals surface area contributed by atoms with Gasteiger partial charge in [-0.1, -0.05) is 70.7 Å². The topological polar surface area (TPSA) is 46.2 Å². The first kappa shape index (κ1) is 46.6. The number of fused-ring (bicyclic) bond motifs is 1. The fraction of sp³-hybridized carbons (Fsp3) is 0.520. The number of anilines is 1. The van der Waals surface area contributed by atoms with Crippen molar-refractivity contribution < 1.29 is 4.74 Å². The van der Waals surface area contributed by atoms with Crippen molar-refractivity contribution in [3.63, 3.8) is 0 Å². The highest BCUT2D eigenvalue weighted by molar-refractivity contribution is 8.08. The highest BCUT2D eigenvalue weighted by Gasteiger charge is 2.31. The van der Waals surface area contributed by atoms with E-state index in [2.05, 4.69) is 139 Å². The molecule has 5 rings (SSSR count). The Bertz CT molecular complexity index is 1850. The number of hydrogen-bond acceptors (Lipinski definition) is 9. The van der Waals surface area contributed by atoms with Gasteiger partial charge in [0.15, 0.2) is 0 Å². The summed E-state index contributed by atoms with van der Waals surface area (Å²) in [6.07, 6.45) is 14.0. The summed E-state index contributed by atoms with van der Waals surface area (Å²) in [5, 5.41) is 3.96. The molecule has 0 radical (unpaired) electrons. The van der Waals surface area contributed by atoms with Gasteiger partial charge in [0.2, 0.25) is 0 Å². The highest BCUT2D eigenvalue weighted by atomic mass is 32.2. The Balaban J connectivity index is 1.13. The Hall–Kier alpha value is -3.50. The van der Waals surface area contributed by atoms with Crippen LogP contribution in [-0.4, -0.2) is 78.7 Å². The van der Waals surface area contributed by atoms with Crippen LogP contribution in [0.25, 0.3) is 11.3 Å². The SMILES string of the molecule is C=CNC(=C)C(CCC)N1Cc2cc(N3CCC(CCN4CCN(Cc5c(C)cc(C(=C/NSCS)/C(/C=C(\C)OC)=C(\C)CC)cc5CC)CC4)CC3)ccc2C1=C. The van der Waals surface area contributed by atoms with Crippen molar-refractivity contribution in [2.75, 3.05) is 62.9 Å². The Morgan fingerprint density at radius 3 is 2.41 bits per heavy atom. The molecule has 2 aromatic carbocycles. The van der Waals surface area contributed by atoms with Crippen molar-refractivity contribution in [3.05, 3.63) is 125 Å². The zero-order valence-electron chi connectivity index (χ0n) is 37.5. The van der Waals surface area contributed by atoms with Crippen LogP contribution in [0.1, 0.15) is 107 Å². The lowest BCUT2D eigenvalue weighted by Gasteiger charge is -2.37. The Kier molecular flexibility index (Phi) is 18.1. The highest BCUT2D eigenvalue weighted by Crippen LogP contribution is 2.39. The number of thiol groups is 1. The number of benzene rings is 2. The zero-order valence-corrected chi connectivity index (χ0v) is 39.2. The van der Waals surface area contributed by atoms with Gasteiger partial charge in [0, 0.05) is 86.8 Å². The van der Waals surface area contributed by atoms with Crippen LogP contribution in [0.4, 0.5) is 5.69 Å². The van der Waals surface area contributed by atoms with Gasteiger partial charge in [0.1, 0.15) is 0 Å². The minimum absolute atomic E-state index is 0.212. The molecule has 7 nitrogen and oxygen atoms in total. The number of piperidine rings is 1. The molecule has 0 aliphatic carbocycles. The van der Waals surface area contributed by atoms with Crippen LogP contribution in [0.5, 0.6) is 0 Å². The standard InChI is InChI=1S/C50H74N6OS2/c1-11-15-50(39(8)51-14-4)56-33-44-31-45(16-17-46(44)40(56)9)55-22-19-41(20-23-55)18-21-53-24-26-54(27-25-53)34-49-37(6)28-43(30-42(49)13-3)48(32-52-59-35-58)47(36(5)12-2)29-38(7)57-10/h14,16-17,28-32,41,50-52,58H,4,8-9,11-13,15,18-27,33-35H2,1-3,5-7,10H3/b38-29+,47-36+,48-32-. The van der Waals surface area contributed by atoms with Gasteiger partial charge in [-0.3, -0.25) is 4.90 Å². The third-order valence-corrected chi connectivity index (χ3v) is 13.8. The Morgan fingerprint density at radius 2 is 1.76 bits per heavy atom. The number of ether oxygens (including phenoxy) is 1. The molecule has 59 heavy (non-hydrogen) atoms. The molecule has 322 valence electrons. The molecule has 3 heterocycles. The van der Waals surface area contributed by atoms with Gasteiger partial charge in [0.05, 0.1) is 24.0 Å². The fourth-order valence-electron chi connectivity index (χ4n) is 9.10. The summed E-state index contributed by atoms with van der Waals surface area (Å²) in [6.45, 7) is 36.0. The lowest BCUT2D eigenvalue weighted by molar-refractivity contribution is 0.119. The lowest BCUT2D eigenvalue weighted by atomic mass is 9.88. The Morgan fingerprint density at radius 1 is 1.03 bits per heavy atom. The molecule has 1 atom stereocenters. The first-order chi connectivity index (χ1) is 28.5. The second kappa shape index (κ2) is 22.9. The summed E-state index contributed by atoms with van der Waals surface area (Å²) in [6, 6.07) is 12.1. The van der Waals surface area contributed by atoms with E-state index in [1.54, 1.807) is 25.3 Å². The van der Waals surface area contributed by atoms with E-state index in [1.807, 2.05) is 6.92 Å². The first-order valence-electron chi connectivity index (χ1n) is 22.1. The third kappa shape index (κ3) is 12.1. The monoisotopic (exact) mass is 839 g/mol. The first-order valence-corrected chi connectivity index (χ1v) is 23.7. The maximum atomic E-state index is 5.61. The van der Waals surface area contributed by atoms with Gasteiger partial charge in [-0.25, -0.2) is 0 Å². The van der Waals surface area contributed by atoms with Gasteiger partial charge in [-0.2, -0.15) is 12.6 Å². The van der Waals surface area contributed by atoms with E-state index in [4.69, 9.17) is 4.74 Å². The largest absolute Gasteiger partial charge is 0.501 e. The molecule has 0 spiro atoms. The van der Waals surface area contributed by atoms with Crippen LogP contribution in [0, 0.1) is 12.8 Å².